The lowest BCUT2D eigenvalue weighted by molar-refractivity contribution is 0.587. The van der Waals surface area contributed by atoms with Gasteiger partial charge in [0.05, 0.1) is 11.0 Å². The van der Waals surface area contributed by atoms with E-state index < -0.39 is 0 Å². The number of nitrogens with one attached hydrogen (secondary N) is 1. The molecular weight excluding hydrogens is 302 g/mol. The fourth-order valence-electron chi connectivity index (χ4n) is 2.81. The molecule has 4 aromatic rings. The van der Waals surface area contributed by atoms with E-state index in [1.807, 2.05) is 55.5 Å². The first-order valence-corrected chi connectivity index (χ1v) is 7.87. The topological polar surface area (TPSA) is 68.8 Å². The lowest BCUT2D eigenvalue weighted by atomic mass is 10.2. The van der Waals surface area contributed by atoms with Gasteiger partial charge in [-0.2, -0.15) is 0 Å². The maximum absolute atomic E-state index is 5.74. The molecule has 0 unspecified atom stereocenters. The standard InChI is InChI=1S/C18H17N5O/c1-3-23-12(2)19-15-10-9-13(11-16(15)23)17-21-22-18(24-17)20-14-7-5-4-6-8-14/h4-11H,3H2,1-2H3,(H,20,22). The van der Waals surface area contributed by atoms with Crippen molar-refractivity contribution in [3.05, 3.63) is 54.4 Å². The number of para-hydroxylation sites is 1. The summed E-state index contributed by atoms with van der Waals surface area (Å²) >= 11 is 0. The molecule has 0 fully saturated rings. The number of imidazole rings is 1. The first kappa shape index (κ1) is 14.4. The Kier molecular flexibility index (Phi) is 3.49. The molecule has 2 aromatic heterocycles. The third-order valence-electron chi connectivity index (χ3n) is 3.95. The van der Waals surface area contributed by atoms with Gasteiger partial charge in [-0.1, -0.05) is 23.3 Å². The van der Waals surface area contributed by atoms with Crippen LogP contribution in [0.5, 0.6) is 0 Å². The molecule has 0 spiro atoms. The van der Waals surface area contributed by atoms with Crippen LogP contribution in [-0.4, -0.2) is 19.7 Å². The Morgan fingerprint density at radius 3 is 2.71 bits per heavy atom. The van der Waals surface area contributed by atoms with Crippen molar-refractivity contribution < 1.29 is 4.42 Å². The van der Waals surface area contributed by atoms with Crippen molar-refractivity contribution in [3.8, 4) is 11.5 Å². The number of fused-ring (bicyclic) bond motifs is 1. The van der Waals surface area contributed by atoms with E-state index in [0.717, 1.165) is 34.7 Å². The van der Waals surface area contributed by atoms with Gasteiger partial charge in [0.25, 0.3) is 0 Å². The van der Waals surface area contributed by atoms with Crippen LogP contribution >= 0.6 is 0 Å². The number of benzene rings is 2. The Hall–Kier alpha value is -3.15. The molecule has 24 heavy (non-hydrogen) atoms. The predicted octanol–water partition coefficient (Wildman–Crippen LogP) is 4.16. The second-order valence-electron chi connectivity index (χ2n) is 5.51. The normalized spacial score (nSPS) is 11.1. The van der Waals surface area contributed by atoms with Crippen LogP contribution in [0.4, 0.5) is 11.7 Å². The molecule has 0 bridgehead atoms. The van der Waals surface area contributed by atoms with E-state index >= 15 is 0 Å². The molecule has 0 amide bonds. The van der Waals surface area contributed by atoms with Crippen LogP contribution in [0.25, 0.3) is 22.5 Å². The third-order valence-corrected chi connectivity index (χ3v) is 3.95. The summed E-state index contributed by atoms with van der Waals surface area (Å²) in [7, 11) is 0. The summed E-state index contributed by atoms with van der Waals surface area (Å²) in [5.74, 6) is 1.48. The SMILES string of the molecule is CCn1c(C)nc2ccc(-c3nnc(Nc4ccccc4)o3)cc21. The molecule has 6 heteroatoms. The van der Waals surface area contributed by atoms with Crippen molar-refractivity contribution in [1.82, 2.24) is 19.7 Å². The highest BCUT2D eigenvalue weighted by Crippen LogP contribution is 2.26. The van der Waals surface area contributed by atoms with E-state index in [9.17, 15) is 0 Å². The highest BCUT2D eigenvalue weighted by Gasteiger charge is 2.12. The van der Waals surface area contributed by atoms with Crippen molar-refractivity contribution in [2.75, 3.05) is 5.32 Å². The smallest absolute Gasteiger partial charge is 0.320 e. The quantitative estimate of drug-likeness (QED) is 0.612. The van der Waals surface area contributed by atoms with Gasteiger partial charge in [-0.25, -0.2) is 4.98 Å². The minimum absolute atomic E-state index is 0.372. The molecule has 0 saturated heterocycles. The van der Waals surface area contributed by atoms with Crippen LogP contribution in [0.1, 0.15) is 12.7 Å². The van der Waals surface area contributed by atoms with E-state index in [0.29, 0.717) is 11.9 Å². The Morgan fingerprint density at radius 1 is 1.08 bits per heavy atom. The fourth-order valence-corrected chi connectivity index (χ4v) is 2.81. The fraction of sp³-hybridized carbons (Fsp3) is 0.167. The number of rotatable bonds is 4. The highest BCUT2D eigenvalue weighted by atomic mass is 16.4. The van der Waals surface area contributed by atoms with Crippen molar-refractivity contribution in [1.29, 1.82) is 0 Å². The van der Waals surface area contributed by atoms with Crippen LogP contribution in [0, 0.1) is 6.92 Å². The number of aromatic nitrogens is 4. The first-order valence-electron chi connectivity index (χ1n) is 7.87. The van der Waals surface area contributed by atoms with Crippen LogP contribution in [-0.2, 0) is 6.54 Å². The van der Waals surface area contributed by atoms with Gasteiger partial charge in [0.15, 0.2) is 0 Å². The number of anilines is 2. The number of nitrogens with zero attached hydrogens (tertiary/aromatic N) is 4. The van der Waals surface area contributed by atoms with Crippen LogP contribution in [0.3, 0.4) is 0 Å². The van der Waals surface area contributed by atoms with Gasteiger partial charge in [0.1, 0.15) is 5.82 Å². The van der Waals surface area contributed by atoms with Gasteiger partial charge in [-0.15, -0.1) is 5.10 Å². The summed E-state index contributed by atoms with van der Waals surface area (Å²) in [6.07, 6.45) is 0. The summed E-state index contributed by atoms with van der Waals surface area (Å²) in [5, 5.41) is 11.3. The number of aryl methyl sites for hydroxylation is 2. The second-order valence-corrected chi connectivity index (χ2v) is 5.51. The number of hydrogen-bond acceptors (Lipinski definition) is 5. The zero-order chi connectivity index (χ0) is 16.5. The lowest BCUT2D eigenvalue weighted by Crippen LogP contribution is -1.96. The van der Waals surface area contributed by atoms with Crippen LogP contribution in [0.2, 0.25) is 0 Å². The molecule has 2 heterocycles. The molecule has 2 aromatic carbocycles. The summed E-state index contributed by atoms with van der Waals surface area (Å²) in [6, 6.07) is 16.1. The minimum Gasteiger partial charge on any atom is -0.403 e. The summed E-state index contributed by atoms with van der Waals surface area (Å²) in [4.78, 5) is 4.56. The molecule has 4 rings (SSSR count). The minimum atomic E-state index is 0.372. The third kappa shape index (κ3) is 2.52. The molecule has 0 saturated carbocycles. The average Bonchev–Trinajstić information content (AvgIpc) is 3.18. The summed E-state index contributed by atoms with van der Waals surface area (Å²) < 4.78 is 7.90. The van der Waals surface area contributed by atoms with Gasteiger partial charge in [-0.3, -0.25) is 0 Å². The number of hydrogen-bond donors (Lipinski definition) is 1. The predicted molar refractivity (Wildman–Crippen MR) is 93.2 cm³/mol. The van der Waals surface area contributed by atoms with E-state index in [1.165, 1.54) is 0 Å². The molecule has 6 nitrogen and oxygen atoms in total. The van der Waals surface area contributed by atoms with Crippen molar-refractivity contribution >= 4 is 22.7 Å². The van der Waals surface area contributed by atoms with Crippen molar-refractivity contribution in [3.63, 3.8) is 0 Å². The van der Waals surface area contributed by atoms with Crippen LogP contribution < -0.4 is 5.32 Å². The largest absolute Gasteiger partial charge is 0.403 e. The maximum Gasteiger partial charge on any atom is 0.320 e. The van der Waals surface area contributed by atoms with Gasteiger partial charge in [0.2, 0.25) is 5.89 Å². The zero-order valence-electron chi connectivity index (χ0n) is 13.5. The van der Waals surface area contributed by atoms with E-state index in [2.05, 4.69) is 32.0 Å². The molecule has 1 N–H and O–H groups in total. The zero-order valence-corrected chi connectivity index (χ0v) is 13.5. The van der Waals surface area contributed by atoms with Gasteiger partial charge >= 0.3 is 6.01 Å². The second kappa shape index (κ2) is 5.81. The van der Waals surface area contributed by atoms with Crippen LogP contribution in [0.15, 0.2) is 52.9 Å². The summed E-state index contributed by atoms with van der Waals surface area (Å²) in [5.41, 5.74) is 3.83. The molecule has 0 radical (unpaired) electrons. The molecule has 0 aliphatic heterocycles. The molecule has 0 atom stereocenters. The van der Waals surface area contributed by atoms with Gasteiger partial charge in [-0.05, 0) is 44.2 Å². The summed E-state index contributed by atoms with van der Waals surface area (Å²) in [6.45, 7) is 4.99. The molecule has 0 aliphatic carbocycles. The highest BCUT2D eigenvalue weighted by molar-refractivity contribution is 5.81. The monoisotopic (exact) mass is 319 g/mol. The Bertz CT molecular complexity index is 987. The van der Waals surface area contributed by atoms with E-state index in [1.54, 1.807) is 0 Å². The maximum atomic E-state index is 5.74. The van der Waals surface area contributed by atoms with Crippen molar-refractivity contribution in [2.45, 2.75) is 20.4 Å². The van der Waals surface area contributed by atoms with Gasteiger partial charge in [0, 0.05) is 17.8 Å². The van der Waals surface area contributed by atoms with Crippen molar-refractivity contribution in [2.24, 2.45) is 0 Å². The molecule has 120 valence electrons. The van der Waals surface area contributed by atoms with Gasteiger partial charge < -0.3 is 14.3 Å². The van der Waals surface area contributed by atoms with E-state index in [4.69, 9.17) is 4.42 Å². The lowest BCUT2D eigenvalue weighted by Gasteiger charge is -2.02. The Labute approximate surface area is 139 Å². The average molecular weight is 319 g/mol. The first-order chi connectivity index (χ1) is 11.7. The Balaban J connectivity index is 1.68. The van der Waals surface area contributed by atoms with E-state index in [-0.39, 0.29) is 0 Å². The molecular formula is C18H17N5O. The molecule has 0 aliphatic rings. The Morgan fingerprint density at radius 2 is 1.92 bits per heavy atom.